The van der Waals surface area contributed by atoms with Gasteiger partial charge in [-0.05, 0) is 48.4 Å². The first-order valence-corrected chi connectivity index (χ1v) is 9.05. The van der Waals surface area contributed by atoms with Crippen LogP contribution in [0.25, 0.3) is 0 Å². The molecule has 1 aromatic rings. The second-order valence-corrected chi connectivity index (χ2v) is 6.70. The first-order chi connectivity index (χ1) is 11.9. The molecule has 3 rings (SSSR count). The highest BCUT2D eigenvalue weighted by molar-refractivity contribution is 7.97. The maximum Gasteiger partial charge on any atom is 0.337 e. The van der Waals surface area contributed by atoms with Crippen molar-refractivity contribution < 1.29 is 19.5 Å². The average molecular weight is 362 g/mol. The minimum absolute atomic E-state index is 0.00229. The molecule has 0 saturated heterocycles. The predicted molar refractivity (Wildman–Crippen MR) is 91.7 cm³/mol. The normalized spacial score (nSPS) is 22.0. The zero-order chi connectivity index (χ0) is 18.1. The quantitative estimate of drug-likeness (QED) is 0.523. The number of carboxylic acid groups (broad SMARTS) is 1. The number of nitrogens with two attached hydrogens (primary N) is 1. The summed E-state index contributed by atoms with van der Waals surface area (Å²) < 4.78 is 3.83. The van der Waals surface area contributed by atoms with Gasteiger partial charge in [0.25, 0.3) is 0 Å². The molecule has 1 saturated carbocycles. The van der Waals surface area contributed by atoms with Crippen LogP contribution in [0.5, 0.6) is 0 Å². The molecular formula is C16H18N4O4S. The van der Waals surface area contributed by atoms with Gasteiger partial charge in [-0.2, -0.15) is 0 Å². The van der Waals surface area contributed by atoms with Crippen molar-refractivity contribution in [3.05, 3.63) is 28.8 Å². The van der Waals surface area contributed by atoms with Crippen LogP contribution in [0, 0.1) is 5.92 Å². The molecule has 1 fully saturated rings. The number of carboxylic acids is 1. The van der Waals surface area contributed by atoms with E-state index in [-0.39, 0.29) is 23.1 Å². The number of hydrogen-bond donors (Lipinski definition) is 3. The van der Waals surface area contributed by atoms with E-state index in [0.717, 1.165) is 24.8 Å². The van der Waals surface area contributed by atoms with Crippen LogP contribution in [0.4, 0.5) is 5.69 Å². The molecule has 0 radical (unpaired) electrons. The first kappa shape index (κ1) is 17.4. The summed E-state index contributed by atoms with van der Waals surface area (Å²) >= 11 is 1.10. The molecule has 0 heterocycles. The largest absolute Gasteiger partial charge is 0.478 e. The molecule has 2 aliphatic rings. The Hall–Kier alpha value is -2.42. The molecule has 2 unspecified atom stereocenters. The Bertz CT molecular complexity index is 776. The summed E-state index contributed by atoms with van der Waals surface area (Å²) in [4.78, 5) is 35.6. The summed E-state index contributed by atoms with van der Waals surface area (Å²) in [6, 6.07) is 2.49. The maximum atomic E-state index is 12.1. The van der Waals surface area contributed by atoms with Crippen LogP contribution in [0.3, 0.4) is 0 Å². The van der Waals surface area contributed by atoms with Gasteiger partial charge in [-0.3, -0.25) is 9.59 Å². The third kappa shape index (κ3) is 3.37. The number of aromatic carboxylic acids is 1. The number of fused-ring (bicyclic) bond motifs is 1. The molecule has 8 nitrogen and oxygen atoms in total. The van der Waals surface area contributed by atoms with E-state index in [0.29, 0.717) is 17.5 Å². The molecule has 0 aliphatic heterocycles. The molecule has 9 heteroatoms. The van der Waals surface area contributed by atoms with Crippen molar-refractivity contribution in [1.82, 2.24) is 5.32 Å². The first-order valence-electron chi connectivity index (χ1n) is 7.87. The van der Waals surface area contributed by atoms with Gasteiger partial charge in [-0.15, -0.1) is 9.63 Å². The number of nitrogens with zero attached hydrogens (tertiary/aromatic N) is 2. The zero-order valence-corrected chi connectivity index (χ0v) is 14.4. The van der Waals surface area contributed by atoms with Crippen LogP contribution < -0.4 is 11.1 Å². The van der Waals surface area contributed by atoms with Crippen molar-refractivity contribution in [2.24, 2.45) is 21.3 Å². The van der Waals surface area contributed by atoms with Gasteiger partial charge in [-0.25, -0.2) is 4.79 Å². The Balaban J connectivity index is 2.02. The monoisotopic (exact) mass is 362 g/mol. The highest BCUT2D eigenvalue weighted by atomic mass is 32.2. The topological polar surface area (TPSA) is 134 Å². The molecule has 2 aliphatic carbocycles. The molecule has 0 aromatic heterocycles. The van der Waals surface area contributed by atoms with Crippen LogP contribution in [0.2, 0.25) is 0 Å². The summed E-state index contributed by atoms with van der Waals surface area (Å²) in [6.45, 7) is 0. The van der Waals surface area contributed by atoms with Gasteiger partial charge in [0, 0.05) is 18.2 Å². The lowest BCUT2D eigenvalue weighted by Gasteiger charge is -2.18. The van der Waals surface area contributed by atoms with Crippen LogP contribution in [0.15, 0.2) is 21.8 Å². The van der Waals surface area contributed by atoms with Crippen molar-refractivity contribution >= 4 is 35.4 Å². The summed E-state index contributed by atoms with van der Waals surface area (Å²) in [5.74, 6) is -2.48. The summed E-state index contributed by atoms with van der Waals surface area (Å²) in [5, 5.41) is 16.3. The van der Waals surface area contributed by atoms with E-state index in [4.69, 9.17) is 5.73 Å². The van der Waals surface area contributed by atoms with Gasteiger partial charge in [-0.1, -0.05) is 6.07 Å². The van der Waals surface area contributed by atoms with Crippen LogP contribution >= 0.6 is 11.9 Å². The second-order valence-electron chi connectivity index (χ2n) is 6.17. The van der Waals surface area contributed by atoms with E-state index in [1.807, 2.05) is 0 Å². The molecule has 2 atom stereocenters. The molecule has 0 bridgehead atoms. The van der Waals surface area contributed by atoms with E-state index in [1.165, 1.54) is 6.07 Å². The lowest BCUT2D eigenvalue weighted by molar-refractivity contribution is -0.124. The van der Waals surface area contributed by atoms with E-state index < -0.39 is 23.8 Å². The Labute approximate surface area is 148 Å². The molecule has 1 aromatic carbocycles. The van der Waals surface area contributed by atoms with Gasteiger partial charge in [0.15, 0.2) is 0 Å². The minimum atomic E-state index is -1.13. The summed E-state index contributed by atoms with van der Waals surface area (Å²) in [6.07, 6.45) is 3.70. The predicted octanol–water partition coefficient (Wildman–Crippen LogP) is 1.77. The summed E-state index contributed by atoms with van der Waals surface area (Å²) in [7, 11) is 0. The van der Waals surface area contributed by atoms with E-state index in [2.05, 4.69) is 15.0 Å². The Morgan fingerprint density at radius 3 is 2.60 bits per heavy atom. The average Bonchev–Trinajstić information content (AvgIpc) is 3.33. The molecule has 25 heavy (non-hydrogen) atoms. The molecule has 4 N–H and O–H groups in total. The number of amides is 2. The fraction of sp³-hybridized carbons (Fsp3) is 0.438. The van der Waals surface area contributed by atoms with Gasteiger partial charge < -0.3 is 16.2 Å². The number of nitrogens with one attached hydrogen (secondary N) is 1. The van der Waals surface area contributed by atoms with Crippen LogP contribution in [0.1, 0.15) is 40.2 Å². The van der Waals surface area contributed by atoms with Gasteiger partial charge in [0.2, 0.25) is 11.8 Å². The number of rotatable bonds is 6. The molecule has 132 valence electrons. The number of carbonyl (C=O) groups is 3. The summed E-state index contributed by atoms with van der Waals surface area (Å²) in [5.41, 5.74) is 6.98. The molecular weight excluding hydrogens is 344 g/mol. The van der Waals surface area contributed by atoms with Crippen LogP contribution in [-0.2, 0) is 16.0 Å². The number of carbonyl (C=O) groups excluding carboxylic acids is 2. The molecule has 0 spiro atoms. The van der Waals surface area contributed by atoms with Crippen molar-refractivity contribution in [2.45, 2.75) is 31.2 Å². The van der Waals surface area contributed by atoms with Crippen LogP contribution in [-0.4, -0.2) is 35.2 Å². The second kappa shape index (κ2) is 6.83. The van der Waals surface area contributed by atoms with E-state index >= 15 is 0 Å². The highest BCUT2D eigenvalue weighted by Gasteiger charge is 2.41. The Kier molecular flexibility index (Phi) is 4.76. The van der Waals surface area contributed by atoms with Gasteiger partial charge >= 0.3 is 5.97 Å². The number of hydrogen-bond acceptors (Lipinski definition) is 6. The third-order valence-corrected chi connectivity index (χ3v) is 4.76. The lowest BCUT2D eigenvalue weighted by Crippen LogP contribution is -2.42. The van der Waals surface area contributed by atoms with Crippen molar-refractivity contribution in [2.75, 3.05) is 6.26 Å². The van der Waals surface area contributed by atoms with Gasteiger partial charge in [0.1, 0.15) is 5.69 Å². The lowest BCUT2D eigenvalue weighted by atomic mass is 9.96. The SMILES string of the molecule is CSN=Nc1c(C(=O)O)ccc2c1CC(NC(=O)C1CC1)C2C(N)=O. The smallest absolute Gasteiger partial charge is 0.337 e. The fourth-order valence-corrected chi connectivity index (χ4v) is 3.38. The van der Waals surface area contributed by atoms with Crippen molar-refractivity contribution in [3.63, 3.8) is 0 Å². The van der Waals surface area contributed by atoms with Crippen molar-refractivity contribution in [3.8, 4) is 0 Å². The van der Waals surface area contributed by atoms with E-state index in [9.17, 15) is 19.5 Å². The highest BCUT2D eigenvalue weighted by Crippen LogP contribution is 2.41. The Morgan fingerprint density at radius 1 is 1.32 bits per heavy atom. The third-order valence-electron chi connectivity index (χ3n) is 4.52. The number of primary amides is 1. The van der Waals surface area contributed by atoms with Gasteiger partial charge in [0.05, 0.1) is 11.5 Å². The zero-order valence-electron chi connectivity index (χ0n) is 13.6. The standard InChI is InChI=1S/C16H18N4O4S/c1-25-20-19-13-9(16(23)24)5-4-8-10(13)6-11(12(8)14(17)21)18-15(22)7-2-3-7/h4-5,7,11-12H,2-3,6H2,1H3,(H2,17,21)(H,18,22)(H,23,24). The molecule has 2 amide bonds. The fourth-order valence-electron chi connectivity index (χ4n) is 3.21. The van der Waals surface area contributed by atoms with Crippen molar-refractivity contribution in [1.29, 1.82) is 0 Å². The minimum Gasteiger partial charge on any atom is -0.478 e. The number of benzene rings is 1. The van der Waals surface area contributed by atoms with E-state index in [1.54, 1.807) is 12.3 Å². The Morgan fingerprint density at radius 2 is 2.04 bits per heavy atom. The maximum absolute atomic E-state index is 12.1.